The summed E-state index contributed by atoms with van der Waals surface area (Å²) in [6.45, 7) is 0. The Labute approximate surface area is 148 Å². The molecular weight excluding hydrogens is 474 g/mol. The van der Waals surface area contributed by atoms with Crippen LogP contribution in [0.3, 0.4) is 0 Å². The number of methoxy groups -OCH3 is 1. The highest BCUT2D eigenvalue weighted by Crippen LogP contribution is 2.61. The van der Waals surface area contributed by atoms with Crippen LogP contribution in [0.2, 0.25) is 0 Å². The average molecular weight is 494 g/mol. The van der Waals surface area contributed by atoms with Gasteiger partial charge in [0, 0.05) is 0 Å². The lowest BCUT2D eigenvalue weighted by molar-refractivity contribution is -0.00526. The van der Waals surface area contributed by atoms with Crippen molar-refractivity contribution in [2.45, 2.75) is 43.9 Å². The predicted molar refractivity (Wildman–Crippen MR) is 98.3 cm³/mol. The van der Waals surface area contributed by atoms with Gasteiger partial charge < -0.3 is 4.74 Å². The largest absolute Gasteiger partial charge is 0.495 e. The third-order valence-corrected chi connectivity index (χ3v) is 7.46. The Hall–Kier alpha value is 0.480. The molecular formula is C17H20I2O. The molecule has 1 aromatic carbocycles. The van der Waals surface area contributed by atoms with E-state index in [1.807, 2.05) is 0 Å². The minimum atomic E-state index is 0.501. The van der Waals surface area contributed by atoms with Crippen LogP contribution in [0.1, 0.15) is 44.1 Å². The molecule has 0 aliphatic heterocycles. The van der Waals surface area contributed by atoms with Gasteiger partial charge in [-0.3, -0.25) is 0 Å². The van der Waals surface area contributed by atoms with Gasteiger partial charge in [-0.25, -0.2) is 0 Å². The Morgan fingerprint density at radius 2 is 1.40 bits per heavy atom. The van der Waals surface area contributed by atoms with Gasteiger partial charge in [-0.2, -0.15) is 0 Å². The minimum absolute atomic E-state index is 0.501. The first-order chi connectivity index (χ1) is 9.59. The highest BCUT2D eigenvalue weighted by Gasteiger charge is 2.51. The van der Waals surface area contributed by atoms with Crippen LogP contribution in [0.5, 0.6) is 5.75 Å². The first-order valence-corrected chi connectivity index (χ1v) is 9.79. The van der Waals surface area contributed by atoms with Crippen LogP contribution in [0.15, 0.2) is 12.1 Å². The van der Waals surface area contributed by atoms with Crippen molar-refractivity contribution >= 4 is 45.2 Å². The van der Waals surface area contributed by atoms with Crippen molar-refractivity contribution in [2.75, 3.05) is 7.11 Å². The second-order valence-electron chi connectivity index (χ2n) is 7.17. The monoisotopic (exact) mass is 494 g/mol. The summed E-state index contributed by atoms with van der Waals surface area (Å²) in [5, 5.41) is 0. The van der Waals surface area contributed by atoms with Crippen LogP contribution in [-0.4, -0.2) is 7.11 Å². The topological polar surface area (TPSA) is 9.23 Å². The van der Waals surface area contributed by atoms with Crippen molar-refractivity contribution in [3.63, 3.8) is 0 Å². The molecule has 1 nitrogen and oxygen atoms in total. The van der Waals surface area contributed by atoms with Crippen molar-refractivity contribution in [1.29, 1.82) is 0 Å². The lowest BCUT2D eigenvalue weighted by Gasteiger charge is -2.57. The van der Waals surface area contributed by atoms with Crippen molar-refractivity contribution in [1.82, 2.24) is 0 Å². The Morgan fingerprint density at radius 1 is 0.950 bits per heavy atom. The number of ether oxygens (including phenoxy) is 1. The summed E-state index contributed by atoms with van der Waals surface area (Å²) in [4.78, 5) is 0. The normalized spacial score (nSPS) is 38.2. The van der Waals surface area contributed by atoms with E-state index in [9.17, 15) is 0 Å². The fourth-order valence-corrected chi connectivity index (χ4v) is 7.73. The second kappa shape index (κ2) is 5.00. The molecule has 4 bridgehead atoms. The molecule has 0 N–H and O–H groups in total. The molecule has 0 amide bonds. The molecule has 0 aromatic heterocycles. The molecule has 0 radical (unpaired) electrons. The number of benzene rings is 1. The summed E-state index contributed by atoms with van der Waals surface area (Å²) in [7, 11) is 1.78. The van der Waals surface area contributed by atoms with E-state index in [2.05, 4.69) is 57.3 Å². The van der Waals surface area contributed by atoms with Gasteiger partial charge in [-0.05, 0) is 125 Å². The molecule has 4 aliphatic rings. The van der Waals surface area contributed by atoms with Gasteiger partial charge >= 0.3 is 0 Å². The molecule has 5 rings (SSSR count). The van der Waals surface area contributed by atoms with Crippen LogP contribution in [0.4, 0.5) is 0 Å². The standard InChI is InChI=1S/C17H20I2O/c1-20-16-14(18)5-13(6-15(16)19)17-7-10-2-11(8-17)4-12(3-10)9-17/h5-6,10-12H,2-4,7-9H2,1H3. The van der Waals surface area contributed by atoms with Crippen molar-refractivity contribution in [2.24, 2.45) is 17.8 Å². The molecule has 4 aliphatic carbocycles. The van der Waals surface area contributed by atoms with Gasteiger partial charge in [0.25, 0.3) is 0 Å². The maximum Gasteiger partial charge on any atom is 0.145 e. The molecule has 0 heterocycles. The second-order valence-corrected chi connectivity index (χ2v) is 9.50. The molecule has 0 unspecified atom stereocenters. The third kappa shape index (κ3) is 2.13. The Morgan fingerprint density at radius 3 is 1.80 bits per heavy atom. The molecule has 0 atom stereocenters. The molecule has 1 aromatic rings. The van der Waals surface area contributed by atoms with Crippen LogP contribution in [0.25, 0.3) is 0 Å². The van der Waals surface area contributed by atoms with Crippen molar-refractivity contribution in [3.8, 4) is 5.75 Å². The third-order valence-electron chi connectivity index (χ3n) is 5.85. The van der Waals surface area contributed by atoms with E-state index in [4.69, 9.17) is 4.74 Å². The zero-order valence-corrected chi connectivity index (χ0v) is 16.1. The van der Waals surface area contributed by atoms with Crippen LogP contribution in [0, 0.1) is 24.9 Å². The van der Waals surface area contributed by atoms with E-state index in [0.717, 1.165) is 23.5 Å². The highest BCUT2D eigenvalue weighted by atomic mass is 127. The average Bonchev–Trinajstić information content (AvgIpc) is 2.36. The van der Waals surface area contributed by atoms with Gasteiger partial charge in [0.05, 0.1) is 14.3 Å². The van der Waals surface area contributed by atoms with Crippen LogP contribution < -0.4 is 4.74 Å². The quantitative estimate of drug-likeness (QED) is 0.503. The first-order valence-electron chi connectivity index (χ1n) is 7.63. The molecule has 0 saturated heterocycles. The molecule has 0 spiro atoms. The summed E-state index contributed by atoms with van der Waals surface area (Å²) in [6.07, 6.45) is 8.88. The fourth-order valence-electron chi connectivity index (χ4n) is 5.53. The number of halogens is 2. The molecule has 4 saturated carbocycles. The van der Waals surface area contributed by atoms with Gasteiger partial charge in [-0.1, -0.05) is 0 Å². The molecule has 20 heavy (non-hydrogen) atoms. The van der Waals surface area contributed by atoms with Gasteiger partial charge in [0.1, 0.15) is 5.75 Å². The summed E-state index contributed by atoms with van der Waals surface area (Å²) in [5.74, 6) is 4.09. The lowest BCUT2D eigenvalue weighted by atomic mass is 9.48. The number of hydrogen-bond acceptors (Lipinski definition) is 1. The van der Waals surface area contributed by atoms with E-state index in [1.54, 1.807) is 12.7 Å². The zero-order chi connectivity index (χ0) is 13.9. The van der Waals surface area contributed by atoms with E-state index < -0.39 is 0 Å². The summed E-state index contributed by atoms with van der Waals surface area (Å²) in [5.41, 5.74) is 2.10. The van der Waals surface area contributed by atoms with Crippen molar-refractivity contribution < 1.29 is 4.74 Å². The van der Waals surface area contributed by atoms with E-state index in [1.165, 1.54) is 45.7 Å². The van der Waals surface area contributed by atoms with Crippen LogP contribution >= 0.6 is 45.2 Å². The Balaban J connectivity index is 1.77. The maximum absolute atomic E-state index is 5.53. The SMILES string of the molecule is COc1c(I)cc(C23CC4CC(CC(C4)C2)C3)cc1I. The smallest absolute Gasteiger partial charge is 0.145 e. The van der Waals surface area contributed by atoms with Crippen LogP contribution in [-0.2, 0) is 5.41 Å². The Bertz CT molecular complexity index is 494. The zero-order valence-electron chi connectivity index (χ0n) is 11.8. The van der Waals surface area contributed by atoms with E-state index >= 15 is 0 Å². The summed E-state index contributed by atoms with van der Waals surface area (Å²) >= 11 is 4.88. The van der Waals surface area contributed by atoms with Gasteiger partial charge in [-0.15, -0.1) is 0 Å². The van der Waals surface area contributed by atoms with E-state index in [-0.39, 0.29) is 0 Å². The predicted octanol–water partition coefficient (Wildman–Crippen LogP) is 5.37. The van der Waals surface area contributed by atoms with Gasteiger partial charge in [0.15, 0.2) is 0 Å². The Kier molecular flexibility index (Phi) is 3.52. The molecule has 3 heteroatoms. The molecule has 108 valence electrons. The lowest BCUT2D eigenvalue weighted by Crippen LogP contribution is -2.48. The van der Waals surface area contributed by atoms with E-state index in [0.29, 0.717) is 5.41 Å². The minimum Gasteiger partial charge on any atom is -0.495 e. The summed E-state index contributed by atoms with van der Waals surface area (Å²) < 4.78 is 8.10. The number of rotatable bonds is 2. The molecule has 4 fully saturated rings. The summed E-state index contributed by atoms with van der Waals surface area (Å²) in [6, 6.07) is 4.82. The first kappa shape index (κ1) is 14.1. The fraction of sp³-hybridized carbons (Fsp3) is 0.647. The maximum atomic E-state index is 5.53. The highest BCUT2D eigenvalue weighted by molar-refractivity contribution is 14.1. The number of hydrogen-bond donors (Lipinski definition) is 0. The van der Waals surface area contributed by atoms with Gasteiger partial charge in [0.2, 0.25) is 0 Å². The van der Waals surface area contributed by atoms with Crippen molar-refractivity contribution in [3.05, 3.63) is 24.8 Å².